The quantitative estimate of drug-likeness (QED) is 0.306. The molecule has 2 aliphatic heterocycles. The summed E-state index contributed by atoms with van der Waals surface area (Å²) in [6.07, 6.45) is 0.444. The number of nitrogens with one attached hydrogen (secondary N) is 2. The molecule has 0 aliphatic carbocycles. The van der Waals surface area contributed by atoms with Crippen molar-refractivity contribution in [1.82, 2.24) is 15.5 Å². The second-order valence-electron chi connectivity index (χ2n) is 7.76. The first-order valence-corrected chi connectivity index (χ1v) is 11.2. The van der Waals surface area contributed by atoms with Crippen molar-refractivity contribution < 1.29 is 14.3 Å². The molecule has 0 bridgehead atoms. The summed E-state index contributed by atoms with van der Waals surface area (Å²) in [5.74, 6) is 2.41. The van der Waals surface area contributed by atoms with Crippen LogP contribution >= 0.6 is 24.0 Å². The van der Waals surface area contributed by atoms with Crippen molar-refractivity contribution in [1.29, 1.82) is 0 Å². The van der Waals surface area contributed by atoms with Gasteiger partial charge < -0.3 is 29.9 Å². The molecule has 1 saturated heterocycles. The molecule has 1 fully saturated rings. The Balaban J connectivity index is 0.00000306. The highest BCUT2D eigenvalue weighted by Gasteiger charge is 2.21. The van der Waals surface area contributed by atoms with Gasteiger partial charge >= 0.3 is 0 Å². The molecule has 0 saturated carbocycles. The van der Waals surface area contributed by atoms with Gasteiger partial charge in [0.05, 0.1) is 6.54 Å². The van der Waals surface area contributed by atoms with E-state index < -0.39 is 0 Å². The van der Waals surface area contributed by atoms with E-state index in [2.05, 4.69) is 44.8 Å². The molecule has 2 aliphatic rings. The molecule has 0 aromatic heterocycles. The Morgan fingerprint density at radius 1 is 1.00 bits per heavy atom. The minimum atomic E-state index is 0. The van der Waals surface area contributed by atoms with E-state index in [0.29, 0.717) is 25.5 Å². The van der Waals surface area contributed by atoms with Gasteiger partial charge in [-0.3, -0.25) is 4.79 Å². The van der Waals surface area contributed by atoms with Gasteiger partial charge in [0.15, 0.2) is 17.5 Å². The molecule has 0 unspecified atom stereocenters. The highest BCUT2D eigenvalue weighted by atomic mass is 127. The standard InChI is InChI=1S/C24H31N5O3.HI/c1-2-25-24(27-17-19-8-9-21-22(16-19)32-18-31-21)26-11-10-23(30)29-14-12-28(13-15-29)20-6-4-3-5-7-20;/h3-9,16H,2,10-15,17-18H2,1H3,(H2,25,26,27);1H. The third kappa shape index (κ3) is 6.89. The number of para-hydroxylation sites is 1. The molecular weight excluding hydrogens is 533 g/mol. The Bertz CT molecular complexity index is 933. The van der Waals surface area contributed by atoms with E-state index >= 15 is 0 Å². The molecule has 4 rings (SSSR count). The molecule has 2 aromatic carbocycles. The van der Waals surface area contributed by atoms with Crippen molar-refractivity contribution in [2.45, 2.75) is 19.9 Å². The highest BCUT2D eigenvalue weighted by Crippen LogP contribution is 2.32. The van der Waals surface area contributed by atoms with Crippen molar-refractivity contribution in [3.05, 3.63) is 54.1 Å². The molecule has 0 atom stereocenters. The summed E-state index contributed by atoms with van der Waals surface area (Å²) in [6, 6.07) is 16.2. The Hall–Kier alpha value is -2.69. The van der Waals surface area contributed by atoms with E-state index in [-0.39, 0.29) is 36.7 Å². The number of rotatable bonds is 7. The Morgan fingerprint density at radius 3 is 2.52 bits per heavy atom. The second kappa shape index (κ2) is 12.5. The SMILES string of the molecule is CCNC(=NCc1ccc2c(c1)OCO2)NCCC(=O)N1CCN(c2ccccc2)CC1.I. The first-order valence-electron chi connectivity index (χ1n) is 11.2. The number of aliphatic imine (C=N–C) groups is 1. The third-order valence-corrected chi connectivity index (χ3v) is 5.59. The van der Waals surface area contributed by atoms with Gasteiger partial charge in [-0.1, -0.05) is 24.3 Å². The van der Waals surface area contributed by atoms with E-state index in [1.165, 1.54) is 5.69 Å². The van der Waals surface area contributed by atoms with Crippen molar-refractivity contribution in [3.8, 4) is 11.5 Å². The number of amides is 1. The fourth-order valence-electron chi connectivity index (χ4n) is 3.85. The molecule has 9 heteroatoms. The summed E-state index contributed by atoms with van der Waals surface area (Å²) < 4.78 is 10.8. The lowest BCUT2D eigenvalue weighted by Crippen LogP contribution is -2.49. The first-order chi connectivity index (χ1) is 15.7. The number of halogens is 1. The molecule has 2 N–H and O–H groups in total. The van der Waals surface area contributed by atoms with Gasteiger partial charge in [-0.2, -0.15) is 0 Å². The lowest BCUT2D eigenvalue weighted by Gasteiger charge is -2.36. The number of hydrogen-bond donors (Lipinski definition) is 2. The van der Waals surface area contributed by atoms with Gasteiger partial charge in [0.2, 0.25) is 12.7 Å². The van der Waals surface area contributed by atoms with Crippen molar-refractivity contribution in [2.75, 3.05) is 51.0 Å². The summed E-state index contributed by atoms with van der Waals surface area (Å²) in [6.45, 7) is 7.34. The van der Waals surface area contributed by atoms with E-state index in [4.69, 9.17) is 9.47 Å². The third-order valence-electron chi connectivity index (χ3n) is 5.59. The van der Waals surface area contributed by atoms with Crippen LogP contribution in [-0.2, 0) is 11.3 Å². The minimum absolute atomic E-state index is 0. The number of guanidine groups is 1. The van der Waals surface area contributed by atoms with Crippen LogP contribution in [-0.4, -0.2) is 62.8 Å². The van der Waals surface area contributed by atoms with Gasteiger partial charge in [-0.25, -0.2) is 4.99 Å². The predicted octanol–water partition coefficient (Wildman–Crippen LogP) is 2.83. The van der Waals surface area contributed by atoms with Crippen LogP contribution in [0.15, 0.2) is 53.5 Å². The summed E-state index contributed by atoms with van der Waals surface area (Å²) in [5, 5.41) is 6.51. The molecule has 178 valence electrons. The van der Waals surface area contributed by atoms with E-state index in [1.807, 2.05) is 36.1 Å². The summed E-state index contributed by atoms with van der Waals surface area (Å²) in [4.78, 5) is 21.6. The molecular formula is C24H32IN5O3. The van der Waals surface area contributed by atoms with Crippen molar-refractivity contribution in [2.24, 2.45) is 4.99 Å². The average Bonchev–Trinajstić information content (AvgIpc) is 3.31. The number of carbonyl (C=O) groups excluding carboxylic acids is 1. The number of benzene rings is 2. The van der Waals surface area contributed by atoms with Crippen LogP contribution in [0.1, 0.15) is 18.9 Å². The Kier molecular flexibility index (Phi) is 9.47. The number of piperazine rings is 1. The predicted molar refractivity (Wildman–Crippen MR) is 141 cm³/mol. The van der Waals surface area contributed by atoms with Gasteiger partial charge in [0.1, 0.15) is 0 Å². The number of ether oxygens (including phenoxy) is 2. The lowest BCUT2D eigenvalue weighted by molar-refractivity contribution is -0.131. The van der Waals surface area contributed by atoms with Crippen molar-refractivity contribution in [3.63, 3.8) is 0 Å². The zero-order valence-corrected chi connectivity index (χ0v) is 21.3. The second-order valence-corrected chi connectivity index (χ2v) is 7.76. The largest absolute Gasteiger partial charge is 0.454 e. The van der Waals surface area contributed by atoms with E-state index in [0.717, 1.165) is 49.8 Å². The normalized spacial score (nSPS) is 15.1. The molecule has 0 spiro atoms. The number of hydrogen-bond acceptors (Lipinski definition) is 5. The smallest absolute Gasteiger partial charge is 0.231 e. The molecule has 2 aromatic rings. The number of nitrogens with zero attached hydrogens (tertiary/aromatic N) is 3. The summed E-state index contributed by atoms with van der Waals surface area (Å²) in [5.41, 5.74) is 2.26. The van der Waals surface area contributed by atoms with Crippen LogP contribution in [0.25, 0.3) is 0 Å². The molecule has 8 nitrogen and oxygen atoms in total. The van der Waals surface area contributed by atoms with Crippen LogP contribution in [0.5, 0.6) is 11.5 Å². The van der Waals surface area contributed by atoms with Crippen LogP contribution in [0.4, 0.5) is 5.69 Å². The molecule has 0 radical (unpaired) electrons. The van der Waals surface area contributed by atoms with E-state index in [9.17, 15) is 4.79 Å². The summed E-state index contributed by atoms with van der Waals surface area (Å²) >= 11 is 0. The lowest BCUT2D eigenvalue weighted by atomic mass is 10.2. The Labute approximate surface area is 212 Å². The van der Waals surface area contributed by atoms with Gasteiger partial charge in [-0.15, -0.1) is 24.0 Å². The zero-order valence-electron chi connectivity index (χ0n) is 19.0. The summed E-state index contributed by atoms with van der Waals surface area (Å²) in [7, 11) is 0. The van der Waals surface area contributed by atoms with Gasteiger partial charge in [0, 0.05) is 51.4 Å². The molecule has 2 heterocycles. The van der Waals surface area contributed by atoms with E-state index in [1.54, 1.807) is 0 Å². The maximum atomic E-state index is 12.6. The molecule has 1 amide bonds. The fraction of sp³-hybridized carbons (Fsp3) is 0.417. The zero-order chi connectivity index (χ0) is 22.2. The topological polar surface area (TPSA) is 78.4 Å². The van der Waals surface area contributed by atoms with Crippen LogP contribution in [0, 0.1) is 0 Å². The van der Waals surface area contributed by atoms with Gasteiger partial charge in [-0.05, 0) is 36.8 Å². The maximum absolute atomic E-state index is 12.6. The highest BCUT2D eigenvalue weighted by molar-refractivity contribution is 14.0. The maximum Gasteiger partial charge on any atom is 0.231 e. The van der Waals surface area contributed by atoms with Crippen LogP contribution in [0.3, 0.4) is 0 Å². The number of anilines is 1. The fourth-order valence-corrected chi connectivity index (χ4v) is 3.85. The monoisotopic (exact) mass is 565 g/mol. The molecule has 33 heavy (non-hydrogen) atoms. The van der Waals surface area contributed by atoms with Gasteiger partial charge in [0.25, 0.3) is 0 Å². The first kappa shape index (κ1) is 24.9. The number of carbonyl (C=O) groups is 1. The van der Waals surface area contributed by atoms with Crippen LogP contribution in [0.2, 0.25) is 0 Å². The Morgan fingerprint density at radius 2 is 1.76 bits per heavy atom. The minimum Gasteiger partial charge on any atom is -0.454 e. The average molecular weight is 565 g/mol. The number of fused-ring (bicyclic) bond motifs is 1. The van der Waals surface area contributed by atoms with Crippen molar-refractivity contribution >= 4 is 41.5 Å². The van der Waals surface area contributed by atoms with Crippen LogP contribution < -0.4 is 25.0 Å².